The van der Waals surface area contributed by atoms with Gasteiger partial charge >= 0.3 is 24.3 Å². The first-order valence-electron chi connectivity index (χ1n) is 5.63. The first-order valence-corrected chi connectivity index (χ1v) is 5.63. The highest BCUT2D eigenvalue weighted by Gasteiger charge is 2.41. The fourth-order valence-electron chi connectivity index (χ4n) is 1.15. The van der Waals surface area contributed by atoms with Crippen molar-refractivity contribution in [1.82, 2.24) is 10.6 Å². The van der Waals surface area contributed by atoms with Crippen LogP contribution in [-0.2, 0) is 4.79 Å². The normalized spacial score (nSPS) is 13.2. The third-order valence-corrected chi connectivity index (χ3v) is 2.25. The lowest BCUT2D eigenvalue weighted by Crippen LogP contribution is -2.50. The van der Waals surface area contributed by atoms with Crippen molar-refractivity contribution in [3.63, 3.8) is 0 Å². The Morgan fingerprint density at radius 3 is 2.32 bits per heavy atom. The van der Waals surface area contributed by atoms with Gasteiger partial charge < -0.3 is 15.7 Å². The van der Waals surface area contributed by atoms with Crippen molar-refractivity contribution < 1.29 is 32.3 Å². The number of rotatable bonds is 8. The van der Waals surface area contributed by atoms with E-state index in [1.807, 2.05) is 12.2 Å². The molecule has 0 spiro atoms. The van der Waals surface area contributed by atoms with Crippen molar-refractivity contribution in [2.24, 2.45) is 0 Å². The van der Waals surface area contributed by atoms with Gasteiger partial charge in [-0.1, -0.05) is 19.8 Å². The van der Waals surface area contributed by atoms with E-state index in [0.717, 1.165) is 0 Å². The van der Waals surface area contributed by atoms with Gasteiger partial charge in [-0.05, 0) is 6.42 Å². The van der Waals surface area contributed by atoms with E-state index in [-0.39, 0.29) is 6.42 Å². The summed E-state index contributed by atoms with van der Waals surface area (Å²) in [5.74, 6) is -5.66. The maximum atomic E-state index is 12.5. The number of halogens is 4. The van der Waals surface area contributed by atoms with Gasteiger partial charge in [-0.25, -0.2) is 18.4 Å². The van der Waals surface area contributed by atoms with Crippen molar-refractivity contribution in [3.05, 3.63) is 0 Å². The summed E-state index contributed by atoms with van der Waals surface area (Å²) in [6, 6.07) is -2.45. The second kappa shape index (κ2) is 7.80. The highest BCUT2D eigenvalue weighted by atomic mass is 19.3. The summed E-state index contributed by atoms with van der Waals surface area (Å²) in [5.41, 5.74) is 0. The molecule has 0 heterocycles. The zero-order valence-corrected chi connectivity index (χ0v) is 10.3. The molecule has 0 aliphatic heterocycles. The Bertz CT molecular complexity index is 313. The molecule has 0 aromatic rings. The number of aliphatic carboxylic acids is 1. The van der Waals surface area contributed by atoms with Crippen LogP contribution in [0.25, 0.3) is 0 Å². The average molecular weight is 288 g/mol. The smallest absolute Gasteiger partial charge is 0.326 e. The van der Waals surface area contributed by atoms with Gasteiger partial charge in [0.15, 0.2) is 0 Å². The van der Waals surface area contributed by atoms with Gasteiger partial charge in [0.1, 0.15) is 6.04 Å². The fraction of sp³-hybridized carbons (Fsp3) is 0.800. The molecule has 1 atom stereocenters. The minimum Gasteiger partial charge on any atom is -0.480 e. The number of amides is 2. The molecule has 2 amide bonds. The Kier molecular flexibility index (Phi) is 7.17. The average Bonchev–Trinajstić information content (AvgIpc) is 2.31. The Hall–Kier alpha value is -1.54. The Morgan fingerprint density at radius 1 is 1.32 bits per heavy atom. The van der Waals surface area contributed by atoms with E-state index in [9.17, 15) is 27.2 Å². The van der Waals surface area contributed by atoms with Crippen molar-refractivity contribution in [2.45, 2.75) is 44.6 Å². The summed E-state index contributed by atoms with van der Waals surface area (Å²) >= 11 is 0. The predicted octanol–water partition coefficient (Wildman–Crippen LogP) is 1.83. The van der Waals surface area contributed by atoms with Crippen LogP contribution in [0.1, 0.15) is 26.2 Å². The van der Waals surface area contributed by atoms with E-state index in [2.05, 4.69) is 0 Å². The molecule has 19 heavy (non-hydrogen) atoms. The number of unbranched alkanes of at least 4 members (excludes halogenated alkanes) is 1. The summed E-state index contributed by atoms with van der Waals surface area (Å²) in [6.45, 7) is 0.249. The SMILES string of the molecule is CCCCC(NC(=O)NCC(F)(F)C(F)F)C(=O)O. The van der Waals surface area contributed by atoms with Crippen LogP contribution in [0.3, 0.4) is 0 Å². The molecule has 0 rings (SSSR count). The number of carbonyl (C=O) groups excluding carboxylic acids is 1. The molecule has 5 nitrogen and oxygen atoms in total. The van der Waals surface area contributed by atoms with Crippen molar-refractivity contribution in [2.75, 3.05) is 6.54 Å². The minimum atomic E-state index is -4.35. The molecule has 0 aromatic heterocycles. The van der Waals surface area contributed by atoms with Crippen LogP contribution in [0.4, 0.5) is 22.4 Å². The monoisotopic (exact) mass is 288 g/mol. The number of nitrogens with one attached hydrogen (secondary N) is 2. The van der Waals surface area contributed by atoms with E-state index in [1.165, 1.54) is 5.32 Å². The summed E-state index contributed by atoms with van der Waals surface area (Å²) in [5, 5.41) is 12.2. The molecule has 9 heteroatoms. The summed E-state index contributed by atoms with van der Waals surface area (Å²) in [6.07, 6.45) is -2.56. The molecule has 0 aliphatic rings. The Balaban J connectivity index is 4.24. The Morgan fingerprint density at radius 2 is 1.89 bits per heavy atom. The van der Waals surface area contributed by atoms with Gasteiger partial charge in [0.05, 0.1) is 6.54 Å². The second-order valence-electron chi connectivity index (χ2n) is 3.92. The lowest BCUT2D eigenvalue weighted by atomic mass is 10.1. The highest BCUT2D eigenvalue weighted by Crippen LogP contribution is 2.21. The quantitative estimate of drug-likeness (QED) is 0.596. The molecule has 3 N–H and O–H groups in total. The number of hydrogen-bond donors (Lipinski definition) is 3. The lowest BCUT2D eigenvalue weighted by molar-refractivity contribution is -0.139. The first-order chi connectivity index (χ1) is 8.70. The maximum Gasteiger partial charge on any atom is 0.326 e. The standard InChI is InChI=1S/C10H16F4N2O3/c1-2-3-4-6(7(17)18)16-9(19)15-5-10(13,14)8(11)12/h6,8H,2-5H2,1H3,(H,17,18)(H2,15,16,19). The molecule has 112 valence electrons. The van der Waals surface area contributed by atoms with Gasteiger partial charge in [-0.15, -0.1) is 0 Å². The van der Waals surface area contributed by atoms with E-state index in [1.54, 1.807) is 0 Å². The molecule has 0 aromatic carbocycles. The zero-order valence-electron chi connectivity index (χ0n) is 10.3. The molecule has 1 unspecified atom stereocenters. The number of carbonyl (C=O) groups is 2. The van der Waals surface area contributed by atoms with E-state index >= 15 is 0 Å². The fourth-order valence-corrected chi connectivity index (χ4v) is 1.15. The molecule has 0 radical (unpaired) electrons. The molecule has 0 saturated heterocycles. The topological polar surface area (TPSA) is 78.4 Å². The number of hydrogen-bond acceptors (Lipinski definition) is 2. The second-order valence-corrected chi connectivity index (χ2v) is 3.92. The first kappa shape index (κ1) is 17.5. The minimum absolute atomic E-state index is 0.129. The van der Waals surface area contributed by atoms with E-state index in [4.69, 9.17) is 5.11 Å². The summed E-state index contributed by atoms with van der Waals surface area (Å²) in [4.78, 5) is 21.9. The lowest BCUT2D eigenvalue weighted by Gasteiger charge is -2.18. The van der Waals surface area contributed by atoms with Gasteiger partial charge in [-0.2, -0.15) is 8.78 Å². The largest absolute Gasteiger partial charge is 0.480 e. The molecule has 0 aliphatic carbocycles. The van der Waals surface area contributed by atoms with Crippen LogP contribution in [0.5, 0.6) is 0 Å². The van der Waals surface area contributed by atoms with Crippen LogP contribution in [0, 0.1) is 0 Å². The van der Waals surface area contributed by atoms with Gasteiger partial charge in [-0.3, -0.25) is 0 Å². The van der Waals surface area contributed by atoms with E-state index < -0.39 is 36.9 Å². The molecular formula is C10H16F4N2O3. The number of carboxylic acid groups (broad SMARTS) is 1. The summed E-state index contributed by atoms with van der Waals surface area (Å²) < 4.78 is 48.6. The summed E-state index contributed by atoms with van der Waals surface area (Å²) in [7, 11) is 0. The molecule has 0 saturated carbocycles. The maximum absolute atomic E-state index is 12.5. The number of carboxylic acids is 1. The van der Waals surface area contributed by atoms with Crippen molar-refractivity contribution in [1.29, 1.82) is 0 Å². The van der Waals surface area contributed by atoms with E-state index in [0.29, 0.717) is 12.8 Å². The highest BCUT2D eigenvalue weighted by molar-refractivity contribution is 5.82. The van der Waals surface area contributed by atoms with Crippen molar-refractivity contribution in [3.8, 4) is 0 Å². The number of urea groups is 1. The molecule has 0 bridgehead atoms. The van der Waals surface area contributed by atoms with Gasteiger partial charge in [0.2, 0.25) is 0 Å². The van der Waals surface area contributed by atoms with Crippen LogP contribution in [-0.4, -0.2) is 42.0 Å². The zero-order chi connectivity index (χ0) is 15.1. The van der Waals surface area contributed by atoms with Crippen molar-refractivity contribution >= 4 is 12.0 Å². The predicted molar refractivity (Wildman–Crippen MR) is 58.4 cm³/mol. The van der Waals surface area contributed by atoms with Crippen LogP contribution in [0.2, 0.25) is 0 Å². The number of alkyl halides is 4. The third-order valence-electron chi connectivity index (χ3n) is 2.25. The Labute approximate surface area is 107 Å². The molecular weight excluding hydrogens is 272 g/mol. The van der Waals surface area contributed by atoms with Crippen LogP contribution < -0.4 is 10.6 Å². The van der Waals surface area contributed by atoms with Gasteiger partial charge in [0.25, 0.3) is 0 Å². The third kappa shape index (κ3) is 6.82. The van der Waals surface area contributed by atoms with Crippen LogP contribution in [0.15, 0.2) is 0 Å². The van der Waals surface area contributed by atoms with Gasteiger partial charge in [0, 0.05) is 0 Å². The van der Waals surface area contributed by atoms with Crippen LogP contribution >= 0.6 is 0 Å². The molecule has 0 fully saturated rings.